The van der Waals surface area contributed by atoms with Gasteiger partial charge in [0.15, 0.2) is 0 Å². The SMILES string of the molecule is CCN1CCN(C(C#N)c2ccccc2OC)CC1. The van der Waals surface area contributed by atoms with Crippen LogP contribution >= 0.6 is 0 Å². The van der Waals surface area contributed by atoms with E-state index < -0.39 is 0 Å². The second kappa shape index (κ2) is 6.55. The fourth-order valence-corrected chi connectivity index (χ4v) is 2.58. The summed E-state index contributed by atoms with van der Waals surface area (Å²) in [4.78, 5) is 4.65. The Balaban J connectivity index is 2.15. The minimum absolute atomic E-state index is 0.213. The topological polar surface area (TPSA) is 39.5 Å². The Hall–Kier alpha value is -1.57. The van der Waals surface area contributed by atoms with Crippen LogP contribution in [0.2, 0.25) is 0 Å². The molecule has 19 heavy (non-hydrogen) atoms. The molecule has 1 heterocycles. The van der Waals surface area contributed by atoms with Gasteiger partial charge >= 0.3 is 0 Å². The highest BCUT2D eigenvalue weighted by Gasteiger charge is 2.26. The van der Waals surface area contributed by atoms with Gasteiger partial charge in [0.05, 0.1) is 13.2 Å². The second-order valence-corrected chi connectivity index (χ2v) is 4.74. The molecule has 1 aromatic carbocycles. The molecule has 1 atom stereocenters. The number of para-hydroxylation sites is 1. The number of nitrogens with zero attached hydrogens (tertiary/aromatic N) is 3. The Kier molecular flexibility index (Phi) is 4.78. The summed E-state index contributed by atoms with van der Waals surface area (Å²) in [5.41, 5.74) is 0.970. The van der Waals surface area contributed by atoms with Crippen molar-refractivity contribution >= 4 is 0 Å². The van der Waals surface area contributed by atoms with E-state index in [2.05, 4.69) is 22.8 Å². The van der Waals surface area contributed by atoms with Crippen molar-refractivity contribution in [2.75, 3.05) is 39.8 Å². The fourth-order valence-electron chi connectivity index (χ4n) is 2.58. The van der Waals surface area contributed by atoms with E-state index in [1.165, 1.54) is 0 Å². The summed E-state index contributed by atoms with van der Waals surface area (Å²) in [5, 5.41) is 9.51. The molecule has 0 spiro atoms. The number of methoxy groups -OCH3 is 1. The van der Waals surface area contributed by atoms with Crippen molar-refractivity contribution in [2.24, 2.45) is 0 Å². The Morgan fingerprint density at radius 1 is 1.26 bits per heavy atom. The fraction of sp³-hybridized carbons (Fsp3) is 0.533. The molecule has 1 fully saturated rings. The number of likely N-dealkylation sites (N-methyl/N-ethyl adjacent to an activating group) is 1. The van der Waals surface area contributed by atoms with E-state index in [1.54, 1.807) is 7.11 Å². The number of ether oxygens (including phenoxy) is 1. The van der Waals surface area contributed by atoms with Crippen LogP contribution in [0.4, 0.5) is 0 Å². The lowest BCUT2D eigenvalue weighted by molar-refractivity contribution is 0.117. The molecule has 4 nitrogen and oxygen atoms in total. The number of nitriles is 1. The van der Waals surface area contributed by atoms with Gasteiger partial charge in [-0.2, -0.15) is 5.26 Å². The average Bonchev–Trinajstić information content (AvgIpc) is 2.49. The summed E-state index contributed by atoms with van der Waals surface area (Å²) in [6, 6.07) is 10.0. The van der Waals surface area contributed by atoms with Crippen molar-refractivity contribution in [3.05, 3.63) is 29.8 Å². The monoisotopic (exact) mass is 259 g/mol. The van der Waals surface area contributed by atoms with Gasteiger partial charge < -0.3 is 9.64 Å². The molecule has 1 aliphatic rings. The van der Waals surface area contributed by atoms with Gasteiger partial charge in [-0.25, -0.2) is 0 Å². The molecule has 0 amide bonds. The summed E-state index contributed by atoms with van der Waals surface area (Å²) in [5.74, 6) is 0.798. The van der Waals surface area contributed by atoms with E-state index in [9.17, 15) is 5.26 Å². The minimum atomic E-state index is -0.213. The summed E-state index contributed by atoms with van der Waals surface area (Å²) >= 11 is 0. The van der Waals surface area contributed by atoms with Crippen molar-refractivity contribution in [1.82, 2.24) is 9.80 Å². The molecule has 0 radical (unpaired) electrons. The van der Waals surface area contributed by atoms with Gasteiger partial charge in [-0.05, 0) is 12.6 Å². The van der Waals surface area contributed by atoms with E-state index in [1.807, 2.05) is 24.3 Å². The smallest absolute Gasteiger partial charge is 0.127 e. The molecular weight excluding hydrogens is 238 g/mol. The lowest BCUT2D eigenvalue weighted by Crippen LogP contribution is -2.47. The van der Waals surface area contributed by atoms with E-state index >= 15 is 0 Å². The summed E-state index contributed by atoms with van der Waals surface area (Å²) in [7, 11) is 1.66. The van der Waals surface area contributed by atoms with Gasteiger partial charge in [-0.15, -0.1) is 0 Å². The molecule has 1 unspecified atom stereocenters. The van der Waals surface area contributed by atoms with Gasteiger partial charge in [-0.1, -0.05) is 25.1 Å². The van der Waals surface area contributed by atoms with Crippen molar-refractivity contribution in [2.45, 2.75) is 13.0 Å². The first-order valence-corrected chi connectivity index (χ1v) is 6.79. The molecule has 1 aliphatic heterocycles. The maximum absolute atomic E-state index is 9.51. The molecule has 0 N–H and O–H groups in total. The van der Waals surface area contributed by atoms with Crippen LogP contribution < -0.4 is 4.74 Å². The third-order valence-electron chi connectivity index (χ3n) is 3.78. The lowest BCUT2D eigenvalue weighted by Gasteiger charge is -2.36. The molecule has 0 aliphatic carbocycles. The summed E-state index contributed by atoms with van der Waals surface area (Å²) in [6.45, 7) is 7.19. The highest BCUT2D eigenvalue weighted by atomic mass is 16.5. The Morgan fingerprint density at radius 2 is 1.95 bits per heavy atom. The number of rotatable bonds is 4. The first-order valence-electron chi connectivity index (χ1n) is 6.79. The number of hydrogen-bond acceptors (Lipinski definition) is 4. The molecule has 0 saturated carbocycles. The van der Waals surface area contributed by atoms with Crippen LogP contribution in [0.25, 0.3) is 0 Å². The van der Waals surface area contributed by atoms with Crippen LogP contribution in [-0.2, 0) is 0 Å². The largest absolute Gasteiger partial charge is 0.496 e. The standard InChI is InChI=1S/C15H21N3O/c1-3-17-8-10-18(11-9-17)14(12-16)13-6-4-5-7-15(13)19-2/h4-7,14H,3,8-11H2,1-2H3. The number of benzene rings is 1. The normalized spacial score (nSPS) is 18.8. The van der Waals surface area contributed by atoms with E-state index in [4.69, 9.17) is 4.74 Å². The van der Waals surface area contributed by atoms with Crippen molar-refractivity contribution in [1.29, 1.82) is 5.26 Å². The van der Waals surface area contributed by atoms with Crippen LogP contribution in [0, 0.1) is 11.3 Å². The molecular formula is C15H21N3O. The van der Waals surface area contributed by atoms with Gasteiger partial charge in [0.25, 0.3) is 0 Å². The average molecular weight is 259 g/mol. The highest BCUT2D eigenvalue weighted by molar-refractivity contribution is 5.38. The predicted molar refractivity (Wildman–Crippen MR) is 75.0 cm³/mol. The predicted octanol–water partition coefficient (Wildman–Crippen LogP) is 1.90. The molecule has 1 aromatic rings. The molecule has 0 aromatic heterocycles. The van der Waals surface area contributed by atoms with Crippen LogP contribution in [0.5, 0.6) is 5.75 Å². The highest BCUT2D eigenvalue weighted by Crippen LogP contribution is 2.29. The van der Waals surface area contributed by atoms with Crippen LogP contribution in [0.15, 0.2) is 24.3 Å². The van der Waals surface area contributed by atoms with Gasteiger partial charge in [0.1, 0.15) is 11.8 Å². The van der Waals surface area contributed by atoms with E-state index in [0.29, 0.717) is 0 Å². The third kappa shape index (κ3) is 3.06. The number of piperazine rings is 1. The van der Waals surface area contributed by atoms with Gasteiger partial charge in [0, 0.05) is 31.7 Å². The van der Waals surface area contributed by atoms with Gasteiger partial charge in [0.2, 0.25) is 0 Å². The Bertz CT molecular complexity index is 447. The third-order valence-corrected chi connectivity index (χ3v) is 3.78. The zero-order valence-electron chi connectivity index (χ0n) is 11.7. The molecule has 2 rings (SSSR count). The molecule has 4 heteroatoms. The maximum atomic E-state index is 9.51. The quantitative estimate of drug-likeness (QED) is 0.828. The zero-order chi connectivity index (χ0) is 13.7. The molecule has 0 bridgehead atoms. The first-order chi connectivity index (χ1) is 9.30. The van der Waals surface area contributed by atoms with Crippen LogP contribution in [0.1, 0.15) is 18.5 Å². The van der Waals surface area contributed by atoms with E-state index in [-0.39, 0.29) is 6.04 Å². The second-order valence-electron chi connectivity index (χ2n) is 4.74. The summed E-state index contributed by atoms with van der Waals surface area (Å²) in [6.07, 6.45) is 0. The van der Waals surface area contributed by atoms with Crippen molar-refractivity contribution in [3.8, 4) is 11.8 Å². The Morgan fingerprint density at radius 3 is 2.53 bits per heavy atom. The molecule has 102 valence electrons. The van der Waals surface area contributed by atoms with Crippen molar-refractivity contribution in [3.63, 3.8) is 0 Å². The lowest BCUT2D eigenvalue weighted by atomic mass is 10.0. The van der Waals surface area contributed by atoms with Crippen LogP contribution in [-0.4, -0.2) is 49.6 Å². The van der Waals surface area contributed by atoms with E-state index in [0.717, 1.165) is 44.0 Å². The maximum Gasteiger partial charge on any atom is 0.127 e. The zero-order valence-corrected chi connectivity index (χ0v) is 11.7. The van der Waals surface area contributed by atoms with Crippen LogP contribution in [0.3, 0.4) is 0 Å². The summed E-state index contributed by atoms with van der Waals surface area (Å²) < 4.78 is 5.37. The minimum Gasteiger partial charge on any atom is -0.496 e. The van der Waals surface area contributed by atoms with Gasteiger partial charge in [-0.3, -0.25) is 4.90 Å². The first kappa shape index (κ1) is 13.9. The number of hydrogen-bond donors (Lipinski definition) is 0. The van der Waals surface area contributed by atoms with Crippen molar-refractivity contribution < 1.29 is 4.74 Å². The molecule has 1 saturated heterocycles. The Labute approximate surface area is 115 Å².